The molecular formula is C19H21N3O4S. The number of esters is 1. The molecule has 2 amide bonds. The molecule has 1 atom stereocenters. The molecule has 7 nitrogen and oxygen atoms in total. The van der Waals surface area contributed by atoms with Gasteiger partial charge in [0.25, 0.3) is 5.91 Å². The first-order valence-corrected chi connectivity index (χ1v) is 9.92. The Morgan fingerprint density at radius 1 is 1.33 bits per heavy atom. The van der Waals surface area contributed by atoms with Crippen LogP contribution in [0, 0.1) is 11.3 Å². The number of amides is 2. The quantitative estimate of drug-likeness (QED) is 0.769. The minimum absolute atomic E-state index is 0.125. The molecule has 0 aromatic heterocycles. The van der Waals surface area contributed by atoms with Gasteiger partial charge >= 0.3 is 5.97 Å². The van der Waals surface area contributed by atoms with Crippen molar-refractivity contribution >= 4 is 35.2 Å². The average molecular weight is 387 g/mol. The molecule has 1 aliphatic heterocycles. The summed E-state index contributed by atoms with van der Waals surface area (Å²) in [6.45, 7) is 1.48. The largest absolute Gasteiger partial charge is 0.449 e. The third kappa shape index (κ3) is 4.42. The number of carbonyl (C=O) groups excluding carboxylic acids is 3. The average Bonchev–Trinajstić information content (AvgIpc) is 2.67. The van der Waals surface area contributed by atoms with E-state index in [9.17, 15) is 19.6 Å². The number of nitriles is 1. The van der Waals surface area contributed by atoms with E-state index in [1.807, 2.05) is 0 Å². The molecule has 0 spiro atoms. The van der Waals surface area contributed by atoms with Crippen LogP contribution in [0.15, 0.2) is 23.1 Å². The second-order valence-electron chi connectivity index (χ2n) is 6.84. The van der Waals surface area contributed by atoms with Crippen LogP contribution < -0.4 is 10.6 Å². The highest BCUT2D eigenvalue weighted by molar-refractivity contribution is 8.00. The molecule has 1 aromatic rings. The van der Waals surface area contributed by atoms with Crippen LogP contribution in [0.1, 0.15) is 49.4 Å². The zero-order valence-corrected chi connectivity index (χ0v) is 15.9. The van der Waals surface area contributed by atoms with Gasteiger partial charge in [-0.1, -0.05) is 19.3 Å². The van der Waals surface area contributed by atoms with Crippen LogP contribution in [-0.2, 0) is 14.3 Å². The Morgan fingerprint density at radius 3 is 2.78 bits per heavy atom. The Hall–Kier alpha value is -2.53. The van der Waals surface area contributed by atoms with Gasteiger partial charge in [-0.2, -0.15) is 5.26 Å². The lowest BCUT2D eigenvalue weighted by Gasteiger charge is -2.32. The van der Waals surface area contributed by atoms with Crippen molar-refractivity contribution in [3.8, 4) is 6.07 Å². The van der Waals surface area contributed by atoms with E-state index in [1.54, 1.807) is 18.2 Å². The minimum Gasteiger partial charge on any atom is -0.449 e. The summed E-state index contributed by atoms with van der Waals surface area (Å²) in [6.07, 6.45) is 3.03. The molecule has 1 aliphatic carbocycles. The summed E-state index contributed by atoms with van der Waals surface area (Å²) < 4.78 is 5.27. The zero-order chi connectivity index (χ0) is 19.4. The molecule has 2 N–H and O–H groups in total. The van der Waals surface area contributed by atoms with E-state index in [0.29, 0.717) is 24.3 Å². The van der Waals surface area contributed by atoms with Crippen molar-refractivity contribution in [1.29, 1.82) is 5.26 Å². The lowest BCUT2D eigenvalue weighted by molar-refractivity contribution is -0.130. The van der Waals surface area contributed by atoms with E-state index in [2.05, 4.69) is 16.7 Å². The van der Waals surface area contributed by atoms with Gasteiger partial charge in [0.05, 0.1) is 23.1 Å². The predicted octanol–water partition coefficient (Wildman–Crippen LogP) is 2.62. The number of fused-ring (bicyclic) bond motifs is 1. The smallest absolute Gasteiger partial charge is 0.338 e. The number of ether oxygens (including phenoxy) is 1. The first-order valence-electron chi connectivity index (χ1n) is 8.93. The molecule has 0 bridgehead atoms. The van der Waals surface area contributed by atoms with Gasteiger partial charge in [-0.25, -0.2) is 4.79 Å². The van der Waals surface area contributed by atoms with Gasteiger partial charge in [-0.15, -0.1) is 11.8 Å². The number of nitrogens with one attached hydrogen (secondary N) is 2. The summed E-state index contributed by atoms with van der Waals surface area (Å²) in [4.78, 5) is 37.2. The number of benzene rings is 1. The van der Waals surface area contributed by atoms with Crippen molar-refractivity contribution in [3.05, 3.63) is 23.8 Å². The monoisotopic (exact) mass is 387 g/mol. The lowest BCUT2D eigenvalue weighted by atomic mass is 9.83. The van der Waals surface area contributed by atoms with Crippen LogP contribution in [0.3, 0.4) is 0 Å². The van der Waals surface area contributed by atoms with Crippen molar-refractivity contribution in [2.24, 2.45) is 0 Å². The Morgan fingerprint density at radius 2 is 2.07 bits per heavy atom. The number of hydrogen-bond donors (Lipinski definition) is 2. The van der Waals surface area contributed by atoms with Crippen molar-refractivity contribution in [2.75, 3.05) is 11.1 Å². The second-order valence-corrected chi connectivity index (χ2v) is 7.86. The highest BCUT2D eigenvalue weighted by atomic mass is 32.2. The molecule has 2 aliphatic rings. The SMILES string of the molecule is CC(OC(=O)c1ccc2c(c1)NC(=O)CS2)C(=O)NC1(C#N)CCCCC1. The second kappa shape index (κ2) is 8.01. The molecule has 142 valence electrons. The van der Waals surface area contributed by atoms with Crippen molar-refractivity contribution in [1.82, 2.24) is 5.32 Å². The molecular weight excluding hydrogens is 366 g/mol. The number of rotatable bonds is 4. The van der Waals surface area contributed by atoms with Gasteiger partial charge in [0, 0.05) is 4.90 Å². The summed E-state index contributed by atoms with van der Waals surface area (Å²) in [6, 6.07) is 7.11. The number of carbonyl (C=O) groups is 3. The molecule has 8 heteroatoms. The van der Waals surface area contributed by atoms with Gasteiger partial charge in [0.1, 0.15) is 5.54 Å². The number of nitrogens with zero attached hydrogens (tertiary/aromatic N) is 1. The van der Waals surface area contributed by atoms with E-state index in [-0.39, 0.29) is 11.5 Å². The molecule has 1 fully saturated rings. The summed E-state index contributed by atoms with van der Waals surface area (Å²) in [5.74, 6) is -0.914. The summed E-state index contributed by atoms with van der Waals surface area (Å²) >= 11 is 1.40. The van der Waals surface area contributed by atoms with Gasteiger partial charge in [0.2, 0.25) is 5.91 Å². The first-order chi connectivity index (χ1) is 12.9. The highest BCUT2D eigenvalue weighted by Crippen LogP contribution is 2.32. The molecule has 3 rings (SSSR count). The van der Waals surface area contributed by atoms with E-state index in [1.165, 1.54) is 18.7 Å². The first kappa shape index (κ1) is 19.2. The molecule has 0 radical (unpaired) electrons. The summed E-state index contributed by atoms with van der Waals surface area (Å²) in [5.41, 5.74) is -0.0548. The predicted molar refractivity (Wildman–Crippen MR) is 100 cm³/mol. The Labute approximate surface area is 161 Å². The fraction of sp³-hybridized carbons (Fsp3) is 0.474. The Balaban J connectivity index is 1.63. The maximum Gasteiger partial charge on any atom is 0.338 e. The Bertz CT molecular complexity index is 812. The topological polar surface area (TPSA) is 108 Å². The Kier molecular flexibility index (Phi) is 5.71. The van der Waals surface area contributed by atoms with Crippen LogP contribution in [0.4, 0.5) is 5.69 Å². The highest BCUT2D eigenvalue weighted by Gasteiger charge is 2.35. The van der Waals surface area contributed by atoms with Gasteiger partial charge in [-0.3, -0.25) is 9.59 Å². The third-order valence-corrected chi connectivity index (χ3v) is 5.86. The normalized spacial score (nSPS) is 19.0. The summed E-state index contributed by atoms with van der Waals surface area (Å²) in [7, 11) is 0. The minimum atomic E-state index is -1.02. The fourth-order valence-electron chi connectivity index (χ4n) is 3.25. The molecule has 1 heterocycles. The molecule has 1 saturated carbocycles. The van der Waals surface area contributed by atoms with Crippen molar-refractivity contribution < 1.29 is 19.1 Å². The number of anilines is 1. The van der Waals surface area contributed by atoms with Crippen LogP contribution in [0.2, 0.25) is 0 Å². The lowest BCUT2D eigenvalue weighted by Crippen LogP contribution is -2.52. The molecule has 1 unspecified atom stereocenters. The maximum absolute atomic E-state index is 12.4. The van der Waals surface area contributed by atoms with Crippen molar-refractivity contribution in [3.63, 3.8) is 0 Å². The maximum atomic E-state index is 12.4. The van der Waals surface area contributed by atoms with Crippen LogP contribution in [-0.4, -0.2) is 35.2 Å². The van der Waals surface area contributed by atoms with Gasteiger partial charge < -0.3 is 15.4 Å². The van der Waals surface area contributed by atoms with Crippen molar-refractivity contribution in [2.45, 2.75) is 55.6 Å². The molecule has 0 saturated heterocycles. The number of hydrogen-bond acceptors (Lipinski definition) is 6. The van der Waals surface area contributed by atoms with Gasteiger partial charge in [-0.05, 0) is 38.0 Å². The van der Waals surface area contributed by atoms with E-state index >= 15 is 0 Å². The zero-order valence-electron chi connectivity index (χ0n) is 15.0. The standard InChI is InChI=1S/C19H21N3O4S/c1-12(17(24)22-19(11-20)7-3-2-4-8-19)26-18(25)13-5-6-15-14(9-13)21-16(23)10-27-15/h5-6,9,12H,2-4,7-8,10H2,1H3,(H,21,23)(H,22,24). The molecule has 27 heavy (non-hydrogen) atoms. The van der Waals surface area contributed by atoms with Crippen LogP contribution in [0.5, 0.6) is 0 Å². The van der Waals surface area contributed by atoms with Gasteiger partial charge in [0.15, 0.2) is 6.10 Å². The van der Waals surface area contributed by atoms with E-state index < -0.39 is 23.5 Å². The van der Waals surface area contributed by atoms with Crippen LogP contribution in [0.25, 0.3) is 0 Å². The third-order valence-electron chi connectivity index (χ3n) is 4.78. The van der Waals surface area contributed by atoms with Crippen LogP contribution >= 0.6 is 11.8 Å². The van der Waals surface area contributed by atoms with E-state index in [4.69, 9.17) is 4.74 Å². The van der Waals surface area contributed by atoms with E-state index in [0.717, 1.165) is 24.2 Å². The fourth-order valence-corrected chi connectivity index (χ4v) is 4.04. The molecule has 1 aromatic carbocycles. The number of thioether (sulfide) groups is 1. The summed E-state index contributed by atoms with van der Waals surface area (Å²) in [5, 5.41) is 14.9.